The first-order valence-corrected chi connectivity index (χ1v) is 18.0. The van der Waals surface area contributed by atoms with E-state index in [4.69, 9.17) is 9.47 Å². The van der Waals surface area contributed by atoms with Crippen LogP contribution in [0.5, 0.6) is 17.2 Å². The number of hydrogen-bond acceptors (Lipinski definition) is 2. The molecule has 7 aromatic carbocycles. The fourth-order valence-corrected chi connectivity index (χ4v) is 9.09. The van der Waals surface area contributed by atoms with Gasteiger partial charge in [-0.1, -0.05) is 133 Å². The molecule has 1 spiro atoms. The zero-order valence-corrected chi connectivity index (χ0v) is 28.4. The Bertz CT molecular complexity index is 2730. The third-order valence-electron chi connectivity index (χ3n) is 11.3. The Morgan fingerprint density at radius 3 is 1.98 bits per heavy atom. The molecule has 3 heteroatoms. The molecule has 3 aliphatic rings. The summed E-state index contributed by atoms with van der Waals surface area (Å²) in [6.45, 7) is 0. The summed E-state index contributed by atoms with van der Waals surface area (Å²) in [5.74, 6) is 3.87. The van der Waals surface area contributed by atoms with E-state index in [1.54, 1.807) is 0 Å². The summed E-state index contributed by atoms with van der Waals surface area (Å²) in [5, 5.41) is 2.47. The number of fused-ring (bicyclic) bond motifs is 10. The van der Waals surface area contributed by atoms with Crippen molar-refractivity contribution in [3.05, 3.63) is 216 Å². The number of hydrogen-bond donors (Lipinski definition) is 0. The van der Waals surface area contributed by atoms with Crippen molar-refractivity contribution in [2.24, 2.45) is 0 Å². The van der Waals surface area contributed by atoms with Crippen LogP contribution in [-0.4, -0.2) is 4.57 Å². The monoisotopic (exact) mass is 667 g/mol. The minimum Gasteiger partial charge on any atom is -0.461 e. The zero-order valence-electron chi connectivity index (χ0n) is 28.4. The molecule has 1 aromatic heterocycles. The molecule has 0 N–H and O–H groups in total. The van der Waals surface area contributed by atoms with E-state index in [0.717, 1.165) is 57.4 Å². The van der Waals surface area contributed by atoms with E-state index >= 15 is 0 Å². The summed E-state index contributed by atoms with van der Waals surface area (Å²) < 4.78 is 16.1. The topological polar surface area (TPSA) is 23.4 Å². The first-order valence-electron chi connectivity index (χ1n) is 18.0. The van der Waals surface area contributed by atoms with Crippen LogP contribution in [0.1, 0.15) is 34.6 Å². The van der Waals surface area contributed by atoms with Crippen molar-refractivity contribution in [1.82, 2.24) is 4.57 Å². The molecule has 11 rings (SSSR count). The lowest BCUT2D eigenvalue weighted by Crippen LogP contribution is -2.39. The Labute approximate surface area is 302 Å². The van der Waals surface area contributed by atoms with Gasteiger partial charge in [0.05, 0.1) is 16.4 Å². The molecule has 0 saturated heterocycles. The standard InChI is InChI=1S/C49H33NO2/c1-3-14-32(15-4-1)33-26-28-40-47(31-33)52-46-29-27-34(30-41(46)49(40)38-20-8-11-24-44(38)51-45-25-12-9-21-39(45)49)36-19-13-23-43-48(36)37-18-7-10-22-42(37)50(43)35-16-5-2-6-17-35/h1-30,33H,31H2. The Morgan fingerprint density at radius 1 is 0.538 bits per heavy atom. The van der Waals surface area contributed by atoms with Gasteiger partial charge in [-0.2, -0.15) is 0 Å². The molecular formula is C49H33NO2. The van der Waals surface area contributed by atoms with Gasteiger partial charge in [0.2, 0.25) is 0 Å². The van der Waals surface area contributed by atoms with Crippen LogP contribution in [-0.2, 0) is 5.41 Å². The van der Waals surface area contributed by atoms with Crippen LogP contribution in [0.3, 0.4) is 0 Å². The van der Waals surface area contributed by atoms with E-state index < -0.39 is 5.41 Å². The fourth-order valence-electron chi connectivity index (χ4n) is 9.09. The lowest BCUT2D eigenvalue weighted by atomic mass is 9.60. The third-order valence-corrected chi connectivity index (χ3v) is 11.3. The van der Waals surface area contributed by atoms with Crippen molar-refractivity contribution < 1.29 is 9.47 Å². The highest BCUT2D eigenvalue weighted by Gasteiger charge is 2.52. The second-order valence-corrected chi connectivity index (χ2v) is 14.0. The molecule has 0 saturated carbocycles. The highest BCUT2D eigenvalue weighted by Crippen LogP contribution is 2.61. The molecule has 0 fully saturated rings. The maximum absolute atomic E-state index is 7.04. The average molecular weight is 668 g/mol. The van der Waals surface area contributed by atoms with Crippen molar-refractivity contribution in [2.75, 3.05) is 0 Å². The lowest BCUT2D eigenvalue weighted by molar-refractivity contribution is 0.345. The number of allylic oxidation sites excluding steroid dienone is 4. The van der Waals surface area contributed by atoms with Crippen LogP contribution in [0.15, 0.2) is 193 Å². The van der Waals surface area contributed by atoms with Gasteiger partial charge in [-0.15, -0.1) is 0 Å². The zero-order chi connectivity index (χ0) is 34.2. The summed E-state index contributed by atoms with van der Waals surface area (Å²) in [7, 11) is 0. The molecule has 0 bridgehead atoms. The van der Waals surface area contributed by atoms with Gasteiger partial charge in [-0.25, -0.2) is 0 Å². The first-order chi connectivity index (χ1) is 25.8. The number of nitrogens with zero attached hydrogens (tertiary/aromatic N) is 1. The number of ether oxygens (including phenoxy) is 2. The molecule has 1 atom stereocenters. The van der Waals surface area contributed by atoms with E-state index in [1.165, 1.54) is 38.5 Å². The van der Waals surface area contributed by atoms with Crippen LogP contribution < -0.4 is 9.47 Å². The average Bonchev–Trinajstić information content (AvgIpc) is 3.56. The van der Waals surface area contributed by atoms with Crippen LogP contribution >= 0.6 is 0 Å². The smallest absolute Gasteiger partial charge is 0.132 e. The van der Waals surface area contributed by atoms with Crippen molar-refractivity contribution in [3.63, 3.8) is 0 Å². The maximum Gasteiger partial charge on any atom is 0.132 e. The maximum atomic E-state index is 7.04. The van der Waals surface area contributed by atoms with Crippen LogP contribution in [0.2, 0.25) is 0 Å². The molecule has 8 aromatic rings. The van der Waals surface area contributed by atoms with Gasteiger partial charge in [0.25, 0.3) is 0 Å². The van der Waals surface area contributed by atoms with Crippen molar-refractivity contribution in [2.45, 2.75) is 17.8 Å². The molecule has 0 radical (unpaired) electrons. The van der Waals surface area contributed by atoms with E-state index in [9.17, 15) is 0 Å². The Balaban J connectivity index is 1.19. The number of para-hydroxylation sites is 4. The van der Waals surface area contributed by atoms with Crippen LogP contribution in [0, 0.1) is 0 Å². The highest BCUT2D eigenvalue weighted by molar-refractivity contribution is 6.15. The predicted molar refractivity (Wildman–Crippen MR) is 210 cm³/mol. The Kier molecular flexibility index (Phi) is 6.29. The summed E-state index contributed by atoms with van der Waals surface area (Å²) >= 11 is 0. The van der Waals surface area contributed by atoms with Gasteiger partial charge in [-0.05, 0) is 65.2 Å². The van der Waals surface area contributed by atoms with E-state index in [0.29, 0.717) is 0 Å². The normalized spacial score (nSPS) is 16.5. The lowest BCUT2D eigenvalue weighted by Gasteiger charge is -2.46. The summed E-state index contributed by atoms with van der Waals surface area (Å²) in [4.78, 5) is 0. The van der Waals surface area contributed by atoms with Crippen LogP contribution in [0.25, 0.3) is 38.6 Å². The van der Waals surface area contributed by atoms with Gasteiger partial charge >= 0.3 is 0 Å². The molecule has 52 heavy (non-hydrogen) atoms. The van der Waals surface area contributed by atoms with E-state index in [2.05, 4.69) is 187 Å². The largest absolute Gasteiger partial charge is 0.461 e. The third kappa shape index (κ3) is 4.08. The molecule has 3 heterocycles. The minimum absolute atomic E-state index is 0.225. The van der Waals surface area contributed by atoms with E-state index in [-0.39, 0.29) is 5.92 Å². The number of aromatic nitrogens is 1. The SMILES string of the molecule is C1=CC(c2ccccc2)CC2=C1C1(c3cc(-c4cccc5c4c4ccccc4n5-c4ccccc4)ccc3O2)c2ccccc2Oc2ccccc21. The van der Waals surface area contributed by atoms with Crippen LogP contribution in [0.4, 0.5) is 0 Å². The summed E-state index contributed by atoms with van der Waals surface area (Å²) in [6, 6.07) is 60.8. The Morgan fingerprint density at radius 2 is 1.19 bits per heavy atom. The van der Waals surface area contributed by atoms with Crippen molar-refractivity contribution in [3.8, 4) is 34.1 Å². The summed E-state index contributed by atoms with van der Waals surface area (Å²) in [5.41, 5.74) is 11.1. The molecule has 3 nitrogen and oxygen atoms in total. The molecular weight excluding hydrogens is 635 g/mol. The highest BCUT2D eigenvalue weighted by atomic mass is 16.5. The second-order valence-electron chi connectivity index (χ2n) is 14.0. The van der Waals surface area contributed by atoms with Gasteiger partial charge in [0, 0.05) is 51.1 Å². The molecule has 246 valence electrons. The predicted octanol–water partition coefficient (Wildman–Crippen LogP) is 12.3. The fraction of sp³-hybridized carbons (Fsp3) is 0.0612. The molecule has 1 aliphatic carbocycles. The first kappa shape index (κ1) is 29.2. The molecule has 2 aliphatic heterocycles. The van der Waals surface area contributed by atoms with Crippen molar-refractivity contribution in [1.29, 1.82) is 0 Å². The van der Waals surface area contributed by atoms with Gasteiger partial charge in [0.15, 0.2) is 0 Å². The Hall–Kier alpha value is -6.58. The molecule has 1 unspecified atom stereocenters. The number of rotatable bonds is 3. The quantitative estimate of drug-likeness (QED) is 0.187. The second kappa shape index (κ2) is 11.2. The van der Waals surface area contributed by atoms with Gasteiger partial charge in [-0.3, -0.25) is 0 Å². The van der Waals surface area contributed by atoms with E-state index in [1.807, 2.05) is 0 Å². The van der Waals surface area contributed by atoms with Gasteiger partial charge in [0.1, 0.15) is 23.0 Å². The molecule has 0 amide bonds. The number of benzene rings is 7. The van der Waals surface area contributed by atoms with Crippen molar-refractivity contribution >= 4 is 21.8 Å². The minimum atomic E-state index is -0.644. The van der Waals surface area contributed by atoms with Gasteiger partial charge < -0.3 is 14.0 Å². The summed E-state index contributed by atoms with van der Waals surface area (Å²) in [6.07, 6.45) is 5.48.